The van der Waals surface area contributed by atoms with Gasteiger partial charge in [0.25, 0.3) is 0 Å². The zero-order valence-electron chi connectivity index (χ0n) is 23.9. The number of methoxy groups -OCH3 is 1. The second-order valence-corrected chi connectivity index (χ2v) is 13.2. The molecule has 0 unspecified atom stereocenters. The lowest BCUT2D eigenvalue weighted by atomic mass is 9.41. The first-order valence-corrected chi connectivity index (χ1v) is 14.7. The largest absolute Gasteiger partial charge is 0.497 e. The van der Waals surface area contributed by atoms with Crippen molar-refractivity contribution < 1.29 is 31.8 Å². The first-order chi connectivity index (χ1) is 20.4. The van der Waals surface area contributed by atoms with Crippen LogP contribution in [-0.2, 0) is 21.3 Å². The second-order valence-electron chi connectivity index (χ2n) is 13.2. The fourth-order valence-corrected chi connectivity index (χ4v) is 7.81. The summed E-state index contributed by atoms with van der Waals surface area (Å²) in [6.45, 7) is 0.822. The van der Waals surface area contributed by atoms with E-state index in [9.17, 15) is 22.4 Å². The van der Waals surface area contributed by atoms with Crippen LogP contribution in [0.4, 0.5) is 23.2 Å². The Morgan fingerprint density at radius 2 is 1.63 bits per heavy atom. The minimum atomic E-state index is -4.60. The van der Waals surface area contributed by atoms with Crippen molar-refractivity contribution in [3.8, 4) is 16.9 Å². The smallest absolute Gasteiger partial charge is 0.451 e. The maximum Gasteiger partial charge on any atom is 0.451 e. The van der Waals surface area contributed by atoms with E-state index in [1.807, 2.05) is 53.4 Å². The van der Waals surface area contributed by atoms with Gasteiger partial charge in [-0.15, -0.1) is 0 Å². The molecule has 6 aliphatic rings. The second kappa shape index (κ2) is 9.74. The Morgan fingerprint density at radius 3 is 2.19 bits per heavy atom. The highest BCUT2D eigenvalue weighted by Crippen LogP contribution is 2.71. The molecule has 4 saturated carbocycles. The van der Waals surface area contributed by atoms with Crippen LogP contribution in [0.2, 0.25) is 0 Å². The van der Waals surface area contributed by atoms with Gasteiger partial charge in [-0.1, -0.05) is 24.3 Å². The Balaban J connectivity index is 1.13. The van der Waals surface area contributed by atoms with E-state index in [1.54, 1.807) is 7.11 Å². The molecule has 2 aromatic carbocycles. The number of nitrogens with zero attached hydrogens (tertiary/aromatic N) is 3. The standard InChI is InChI=1S/C33H33F4N3O3/c1-42-26-7-5-22(6-8-26)23-3-2-4-25(13-23)40(27(41)14-30-17-31(34,18-30)19-30)20-29-9-11-32(12-10-29,43-21-29)24-15-38-28(39-16-24)33(35,36)37/h2-8,13,15-16H,9-12,14,17-21H2,1H3. The summed E-state index contributed by atoms with van der Waals surface area (Å²) in [5.74, 6) is -0.419. The van der Waals surface area contributed by atoms with Gasteiger partial charge in [-0.25, -0.2) is 14.4 Å². The fraction of sp³-hybridized carbons (Fsp3) is 0.485. The SMILES string of the molecule is COc1ccc(-c2cccc(N(CC34CCC(c5cnc(C(F)(F)F)nc5)(CC3)OC4)C(=O)CC34CC(F)(C3)C4)c2)cc1. The zero-order chi connectivity index (χ0) is 30.1. The normalized spacial score (nSPS) is 30.7. The molecular weight excluding hydrogens is 562 g/mol. The average Bonchev–Trinajstić information content (AvgIpc) is 2.99. The third-order valence-electron chi connectivity index (χ3n) is 10.2. The molecule has 4 bridgehead atoms. The summed E-state index contributed by atoms with van der Waals surface area (Å²) in [4.78, 5) is 23.0. The molecule has 0 spiro atoms. The summed E-state index contributed by atoms with van der Waals surface area (Å²) in [5.41, 5.74) is 0.956. The summed E-state index contributed by atoms with van der Waals surface area (Å²) in [6.07, 6.45) is 2.24. The first kappa shape index (κ1) is 28.3. The van der Waals surface area contributed by atoms with Crippen molar-refractivity contribution in [2.24, 2.45) is 10.8 Å². The van der Waals surface area contributed by atoms with Gasteiger partial charge in [0.1, 0.15) is 11.4 Å². The van der Waals surface area contributed by atoms with Crippen molar-refractivity contribution >= 4 is 11.6 Å². The van der Waals surface area contributed by atoms with E-state index in [2.05, 4.69) is 9.97 Å². The number of alkyl halides is 4. The van der Waals surface area contributed by atoms with Gasteiger partial charge in [0, 0.05) is 42.0 Å². The molecule has 43 heavy (non-hydrogen) atoms. The number of hydrogen-bond acceptors (Lipinski definition) is 5. The molecule has 6 nitrogen and oxygen atoms in total. The summed E-state index contributed by atoms with van der Waals surface area (Å²) in [6, 6.07) is 15.7. The lowest BCUT2D eigenvalue weighted by molar-refractivity contribution is -0.215. The molecule has 3 aromatic rings. The quantitative estimate of drug-likeness (QED) is 0.256. The molecule has 1 amide bonds. The average molecular weight is 596 g/mol. The van der Waals surface area contributed by atoms with E-state index in [4.69, 9.17) is 9.47 Å². The molecule has 0 N–H and O–H groups in total. The van der Waals surface area contributed by atoms with Crippen molar-refractivity contribution in [1.29, 1.82) is 0 Å². The number of fused-ring (bicyclic) bond motifs is 3. The van der Waals surface area contributed by atoms with Crippen molar-refractivity contribution in [3.63, 3.8) is 0 Å². The number of benzene rings is 2. The molecule has 6 fully saturated rings. The van der Waals surface area contributed by atoms with Crippen molar-refractivity contribution in [2.45, 2.75) is 68.8 Å². The first-order valence-electron chi connectivity index (χ1n) is 14.7. The van der Waals surface area contributed by atoms with Gasteiger partial charge >= 0.3 is 6.18 Å². The topological polar surface area (TPSA) is 64.6 Å². The Morgan fingerprint density at radius 1 is 0.953 bits per heavy atom. The van der Waals surface area contributed by atoms with Gasteiger partial charge in [0.2, 0.25) is 11.7 Å². The van der Waals surface area contributed by atoms with Crippen LogP contribution in [0, 0.1) is 10.8 Å². The number of halogens is 4. The maximum absolute atomic E-state index is 14.3. The number of hydrogen-bond donors (Lipinski definition) is 0. The lowest BCUT2D eigenvalue weighted by Crippen LogP contribution is -2.65. The highest BCUT2D eigenvalue weighted by atomic mass is 19.4. The van der Waals surface area contributed by atoms with Gasteiger partial charge in [0.15, 0.2) is 0 Å². The molecule has 3 heterocycles. The monoisotopic (exact) mass is 595 g/mol. The Labute approximate surface area is 247 Å². The molecule has 0 radical (unpaired) electrons. The predicted octanol–water partition coefficient (Wildman–Crippen LogP) is 7.27. The predicted molar refractivity (Wildman–Crippen MR) is 151 cm³/mol. The van der Waals surface area contributed by atoms with Crippen LogP contribution in [0.25, 0.3) is 11.1 Å². The van der Waals surface area contributed by atoms with Gasteiger partial charge < -0.3 is 14.4 Å². The minimum Gasteiger partial charge on any atom is -0.497 e. The van der Waals surface area contributed by atoms with Crippen LogP contribution < -0.4 is 9.64 Å². The zero-order valence-corrected chi connectivity index (χ0v) is 23.9. The Hall–Kier alpha value is -3.53. The van der Waals surface area contributed by atoms with Crippen LogP contribution in [-0.4, -0.2) is 41.8 Å². The number of carbonyl (C=O) groups is 1. The molecule has 4 aliphatic carbocycles. The van der Waals surface area contributed by atoms with E-state index in [-0.39, 0.29) is 16.7 Å². The van der Waals surface area contributed by atoms with E-state index in [0.717, 1.165) is 35.4 Å². The molecule has 226 valence electrons. The van der Waals surface area contributed by atoms with Crippen LogP contribution >= 0.6 is 0 Å². The summed E-state index contributed by atoms with van der Waals surface area (Å²) >= 11 is 0. The van der Waals surface area contributed by atoms with Crippen LogP contribution in [0.15, 0.2) is 60.9 Å². The van der Waals surface area contributed by atoms with Gasteiger partial charge in [0.05, 0.1) is 19.3 Å². The van der Waals surface area contributed by atoms with Crippen molar-refractivity contribution in [1.82, 2.24) is 9.97 Å². The summed E-state index contributed by atoms with van der Waals surface area (Å²) < 4.78 is 65.1. The molecule has 9 rings (SSSR count). The van der Waals surface area contributed by atoms with Crippen LogP contribution in [0.3, 0.4) is 0 Å². The Kier molecular flexibility index (Phi) is 6.40. The van der Waals surface area contributed by atoms with Crippen LogP contribution in [0.5, 0.6) is 5.75 Å². The number of anilines is 1. The van der Waals surface area contributed by atoms with Gasteiger partial charge in [-0.2, -0.15) is 13.2 Å². The Bertz CT molecular complexity index is 1500. The molecule has 10 heteroatoms. The van der Waals surface area contributed by atoms with Gasteiger partial charge in [-0.05, 0) is 85.8 Å². The number of rotatable bonds is 8. The molecule has 2 aliphatic heterocycles. The number of aromatic nitrogens is 2. The number of ether oxygens (including phenoxy) is 2. The number of amides is 1. The summed E-state index contributed by atoms with van der Waals surface area (Å²) in [5, 5.41) is 0. The summed E-state index contributed by atoms with van der Waals surface area (Å²) in [7, 11) is 1.62. The van der Waals surface area contributed by atoms with E-state index in [1.165, 1.54) is 12.4 Å². The van der Waals surface area contributed by atoms with Crippen molar-refractivity contribution in [3.05, 3.63) is 72.3 Å². The maximum atomic E-state index is 14.3. The fourth-order valence-electron chi connectivity index (χ4n) is 7.81. The van der Waals surface area contributed by atoms with E-state index in [0.29, 0.717) is 57.2 Å². The lowest BCUT2D eigenvalue weighted by Gasteiger charge is -2.66. The van der Waals surface area contributed by atoms with Crippen molar-refractivity contribution in [2.75, 3.05) is 25.2 Å². The highest BCUT2D eigenvalue weighted by Gasteiger charge is 2.69. The van der Waals surface area contributed by atoms with Gasteiger partial charge in [-0.3, -0.25) is 4.79 Å². The highest BCUT2D eigenvalue weighted by molar-refractivity contribution is 5.95. The van der Waals surface area contributed by atoms with Crippen LogP contribution in [0.1, 0.15) is 62.8 Å². The third kappa shape index (κ3) is 4.97. The third-order valence-corrected chi connectivity index (χ3v) is 10.2. The molecular formula is C33H33F4N3O3. The van der Waals surface area contributed by atoms with E-state index < -0.39 is 23.3 Å². The van der Waals surface area contributed by atoms with E-state index >= 15 is 0 Å². The minimum absolute atomic E-state index is 0.0124. The molecule has 2 saturated heterocycles. The molecule has 0 atom stereocenters. The molecule has 1 aromatic heterocycles. The number of carbonyl (C=O) groups excluding carboxylic acids is 1.